The van der Waals surface area contributed by atoms with E-state index in [4.69, 9.17) is 0 Å². The Morgan fingerprint density at radius 1 is 1.40 bits per heavy atom. The number of hydrogen-bond donors (Lipinski definition) is 0. The zero-order valence-corrected chi connectivity index (χ0v) is 10.7. The SMILES string of the molecule is CCOC(=O)Cc1cc(C)nc(C(F)F)c1C(F)(F)F. The van der Waals surface area contributed by atoms with Gasteiger partial charge in [0.1, 0.15) is 5.69 Å². The van der Waals surface area contributed by atoms with Crippen molar-refractivity contribution in [3.63, 3.8) is 0 Å². The van der Waals surface area contributed by atoms with Crippen LogP contribution in [0.5, 0.6) is 0 Å². The Balaban J connectivity index is 3.37. The number of alkyl halides is 5. The number of rotatable bonds is 4. The van der Waals surface area contributed by atoms with Crippen LogP contribution in [0.25, 0.3) is 0 Å². The Kier molecular flexibility index (Phi) is 5.02. The normalized spacial score (nSPS) is 11.8. The Hall–Kier alpha value is -1.73. The van der Waals surface area contributed by atoms with Crippen LogP contribution in [-0.4, -0.2) is 17.6 Å². The molecule has 8 heteroatoms. The zero-order chi connectivity index (χ0) is 15.5. The Bertz CT molecular complexity index is 499. The van der Waals surface area contributed by atoms with Crippen LogP contribution in [0.1, 0.15) is 35.9 Å². The highest BCUT2D eigenvalue weighted by Gasteiger charge is 2.40. The van der Waals surface area contributed by atoms with Crippen molar-refractivity contribution in [2.75, 3.05) is 6.61 Å². The molecular formula is C12H12F5NO2. The van der Waals surface area contributed by atoms with Gasteiger partial charge in [-0.3, -0.25) is 9.78 Å². The fourth-order valence-electron chi connectivity index (χ4n) is 1.76. The lowest BCUT2D eigenvalue weighted by atomic mass is 10.0. The van der Waals surface area contributed by atoms with Gasteiger partial charge in [-0.1, -0.05) is 0 Å². The second-order valence-corrected chi connectivity index (χ2v) is 3.96. The Morgan fingerprint density at radius 2 is 2.00 bits per heavy atom. The van der Waals surface area contributed by atoms with Gasteiger partial charge in [0.05, 0.1) is 18.6 Å². The summed E-state index contributed by atoms with van der Waals surface area (Å²) >= 11 is 0. The van der Waals surface area contributed by atoms with Crippen molar-refractivity contribution in [2.45, 2.75) is 32.9 Å². The molecule has 0 unspecified atom stereocenters. The predicted molar refractivity (Wildman–Crippen MR) is 59.3 cm³/mol. The van der Waals surface area contributed by atoms with Crippen molar-refractivity contribution in [1.29, 1.82) is 0 Å². The number of aromatic nitrogens is 1. The molecule has 20 heavy (non-hydrogen) atoms. The molecule has 1 rings (SSSR count). The van der Waals surface area contributed by atoms with E-state index in [-0.39, 0.29) is 12.3 Å². The third-order valence-corrected chi connectivity index (χ3v) is 2.39. The molecule has 0 N–H and O–H groups in total. The van der Waals surface area contributed by atoms with Crippen LogP contribution in [0.4, 0.5) is 22.0 Å². The minimum atomic E-state index is -5.02. The molecule has 3 nitrogen and oxygen atoms in total. The lowest BCUT2D eigenvalue weighted by Crippen LogP contribution is -2.19. The molecular weight excluding hydrogens is 285 g/mol. The summed E-state index contributed by atoms with van der Waals surface area (Å²) in [6.07, 6.45) is -9.13. The topological polar surface area (TPSA) is 39.2 Å². The summed E-state index contributed by atoms with van der Waals surface area (Å²) in [6, 6.07) is 0.964. The van der Waals surface area contributed by atoms with Gasteiger partial charge in [-0.05, 0) is 25.5 Å². The van der Waals surface area contributed by atoms with Crippen LogP contribution in [0.15, 0.2) is 6.07 Å². The quantitative estimate of drug-likeness (QED) is 0.631. The molecule has 0 saturated carbocycles. The van der Waals surface area contributed by atoms with Crippen LogP contribution in [-0.2, 0) is 22.1 Å². The minimum Gasteiger partial charge on any atom is -0.466 e. The maximum Gasteiger partial charge on any atom is 0.418 e. The highest BCUT2D eigenvalue weighted by molar-refractivity contribution is 5.73. The van der Waals surface area contributed by atoms with E-state index in [2.05, 4.69) is 9.72 Å². The first-order valence-corrected chi connectivity index (χ1v) is 5.68. The van der Waals surface area contributed by atoms with Gasteiger partial charge in [-0.15, -0.1) is 0 Å². The van der Waals surface area contributed by atoms with E-state index in [1.165, 1.54) is 13.8 Å². The van der Waals surface area contributed by atoms with E-state index < -0.39 is 41.8 Å². The molecule has 0 aliphatic carbocycles. The fraction of sp³-hybridized carbons (Fsp3) is 0.500. The standard InChI is InChI=1S/C12H12F5NO2/c1-3-20-8(19)5-7-4-6(2)18-10(11(13)14)9(7)12(15,16)17/h4,11H,3,5H2,1-2H3. The van der Waals surface area contributed by atoms with Gasteiger partial charge in [0.2, 0.25) is 0 Å². The number of pyridine rings is 1. The monoisotopic (exact) mass is 297 g/mol. The van der Waals surface area contributed by atoms with E-state index in [0.717, 1.165) is 6.07 Å². The molecule has 0 saturated heterocycles. The fourth-order valence-corrected chi connectivity index (χ4v) is 1.76. The van der Waals surface area contributed by atoms with Crippen molar-refractivity contribution < 1.29 is 31.5 Å². The lowest BCUT2D eigenvalue weighted by Gasteiger charge is -2.17. The van der Waals surface area contributed by atoms with Crippen LogP contribution in [0, 0.1) is 6.92 Å². The molecule has 0 aromatic carbocycles. The smallest absolute Gasteiger partial charge is 0.418 e. The van der Waals surface area contributed by atoms with Gasteiger partial charge in [0.25, 0.3) is 6.43 Å². The molecule has 0 atom stereocenters. The van der Waals surface area contributed by atoms with E-state index in [1.54, 1.807) is 0 Å². The Morgan fingerprint density at radius 3 is 2.45 bits per heavy atom. The first-order chi connectivity index (χ1) is 9.16. The van der Waals surface area contributed by atoms with Crippen molar-refractivity contribution in [2.24, 2.45) is 0 Å². The maximum atomic E-state index is 12.9. The second kappa shape index (κ2) is 6.15. The molecule has 0 fully saturated rings. The van der Waals surface area contributed by atoms with E-state index in [1.807, 2.05) is 0 Å². The molecule has 1 aromatic rings. The molecule has 0 aliphatic rings. The van der Waals surface area contributed by atoms with E-state index in [9.17, 15) is 26.7 Å². The van der Waals surface area contributed by atoms with Crippen LogP contribution >= 0.6 is 0 Å². The summed E-state index contributed by atoms with van der Waals surface area (Å²) < 4.78 is 68.7. The third kappa shape index (κ3) is 3.88. The zero-order valence-electron chi connectivity index (χ0n) is 10.7. The van der Waals surface area contributed by atoms with Gasteiger partial charge in [-0.2, -0.15) is 13.2 Å². The molecule has 112 valence electrons. The lowest BCUT2D eigenvalue weighted by molar-refractivity contribution is -0.144. The number of ether oxygens (including phenoxy) is 1. The predicted octanol–water partition coefficient (Wildman–Crippen LogP) is 3.45. The van der Waals surface area contributed by atoms with Crippen molar-refractivity contribution >= 4 is 5.97 Å². The molecule has 0 spiro atoms. The summed E-state index contributed by atoms with van der Waals surface area (Å²) in [4.78, 5) is 14.5. The van der Waals surface area contributed by atoms with Gasteiger partial charge < -0.3 is 4.74 Å². The molecule has 0 aliphatic heterocycles. The Labute approximate surface area is 111 Å². The van der Waals surface area contributed by atoms with Crippen molar-refractivity contribution in [3.8, 4) is 0 Å². The average molecular weight is 297 g/mol. The van der Waals surface area contributed by atoms with E-state index >= 15 is 0 Å². The summed E-state index contributed by atoms with van der Waals surface area (Å²) in [7, 11) is 0. The van der Waals surface area contributed by atoms with Crippen LogP contribution < -0.4 is 0 Å². The number of aryl methyl sites for hydroxylation is 1. The molecule has 1 heterocycles. The van der Waals surface area contributed by atoms with Gasteiger partial charge in [0, 0.05) is 5.69 Å². The summed E-state index contributed by atoms with van der Waals surface area (Å²) in [5, 5.41) is 0. The van der Waals surface area contributed by atoms with Crippen molar-refractivity contribution in [3.05, 3.63) is 28.6 Å². The first kappa shape index (κ1) is 16.3. The van der Waals surface area contributed by atoms with E-state index in [0.29, 0.717) is 0 Å². The number of nitrogens with zero attached hydrogens (tertiary/aromatic N) is 1. The molecule has 0 radical (unpaired) electrons. The summed E-state index contributed by atoms with van der Waals surface area (Å²) in [6.45, 7) is 2.76. The molecule has 1 aromatic heterocycles. The average Bonchev–Trinajstić information content (AvgIpc) is 2.26. The number of esters is 1. The summed E-state index contributed by atoms with van der Waals surface area (Å²) in [5.74, 6) is -0.913. The summed E-state index contributed by atoms with van der Waals surface area (Å²) in [5.41, 5.74) is -3.51. The highest BCUT2D eigenvalue weighted by atomic mass is 19.4. The highest BCUT2D eigenvalue weighted by Crippen LogP contribution is 2.38. The third-order valence-electron chi connectivity index (χ3n) is 2.39. The number of halogens is 5. The van der Waals surface area contributed by atoms with Crippen LogP contribution in [0.3, 0.4) is 0 Å². The molecule has 0 amide bonds. The number of carbonyl (C=O) groups is 1. The second-order valence-electron chi connectivity index (χ2n) is 3.96. The first-order valence-electron chi connectivity index (χ1n) is 5.68. The maximum absolute atomic E-state index is 12.9. The van der Waals surface area contributed by atoms with Gasteiger partial charge in [0.15, 0.2) is 0 Å². The van der Waals surface area contributed by atoms with Gasteiger partial charge in [-0.25, -0.2) is 8.78 Å². The number of hydrogen-bond acceptors (Lipinski definition) is 3. The minimum absolute atomic E-state index is 0.00798. The largest absolute Gasteiger partial charge is 0.466 e. The number of carbonyl (C=O) groups excluding carboxylic acids is 1. The molecule has 0 bridgehead atoms. The van der Waals surface area contributed by atoms with Gasteiger partial charge >= 0.3 is 12.1 Å². The van der Waals surface area contributed by atoms with Crippen molar-refractivity contribution in [1.82, 2.24) is 4.98 Å². The van der Waals surface area contributed by atoms with Crippen LogP contribution in [0.2, 0.25) is 0 Å².